The van der Waals surface area contributed by atoms with Crippen LogP contribution in [0.2, 0.25) is 0 Å². The summed E-state index contributed by atoms with van der Waals surface area (Å²) in [6.45, 7) is 7.68. The van der Waals surface area contributed by atoms with Gasteiger partial charge in [-0.15, -0.1) is 6.58 Å². The van der Waals surface area contributed by atoms with Crippen molar-refractivity contribution in [2.24, 2.45) is 10.9 Å². The Labute approximate surface area is 223 Å². The van der Waals surface area contributed by atoms with E-state index in [2.05, 4.69) is 40.7 Å². The van der Waals surface area contributed by atoms with E-state index in [0.717, 1.165) is 22.6 Å². The van der Waals surface area contributed by atoms with Crippen molar-refractivity contribution in [3.8, 4) is 0 Å². The van der Waals surface area contributed by atoms with E-state index in [1.165, 1.54) is 4.90 Å². The van der Waals surface area contributed by atoms with Gasteiger partial charge in [-0.1, -0.05) is 68.5 Å². The first kappa shape index (κ1) is 26.4. The molecular weight excluding hydrogens is 478 g/mol. The number of aliphatic imine (C=N–C) groups is 1. The van der Waals surface area contributed by atoms with Gasteiger partial charge in [0.1, 0.15) is 6.61 Å². The highest BCUT2D eigenvalue weighted by Gasteiger charge is 2.34. The number of anilines is 3. The lowest BCUT2D eigenvalue weighted by atomic mass is 10.1. The second-order valence-corrected chi connectivity index (χ2v) is 8.90. The van der Waals surface area contributed by atoms with Crippen molar-refractivity contribution in [1.82, 2.24) is 4.90 Å². The largest absolute Gasteiger partial charge is 0.464 e. The summed E-state index contributed by atoms with van der Waals surface area (Å²) in [5.41, 5.74) is 3.85. The highest BCUT2D eigenvalue weighted by molar-refractivity contribution is 6.11. The molecule has 0 aliphatic carbocycles. The Hall–Kier alpha value is -4.65. The van der Waals surface area contributed by atoms with Crippen LogP contribution in [0.3, 0.4) is 0 Å². The van der Waals surface area contributed by atoms with Gasteiger partial charge < -0.3 is 14.4 Å². The van der Waals surface area contributed by atoms with Gasteiger partial charge in [0.05, 0.1) is 19.0 Å². The molecule has 0 unspecified atom stereocenters. The molecule has 7 nitrogen and oxygen atoms in total. The van der Waals surface area contributed by atoms with Gasteiger partial charge in [0.25, 0.3) is 5.91 Å². The molecule has 0 radical (unpaired) electrons. The molecule has 38 heavy (non-hydrogen) atoms. The first-order chi connectivity index (χ1) is 18.5. The van der Waals surface area contributed by atoms with Crippen molar-refractivity contribution in [3.05, 3.63) is 109 Å². The van der Waals surface area contributed by atoms with Crippen LogP contribution >= 0.6 is 0 Å². The van der Waals surface area contributed by atoms with Gasteiger partial charge in [-0.25, -0.2) is 4.99 Å². The first-order valence-electron chi connectivity index (χ1n) is 12.5. The van der Waals surface area contributed by atoms with E-state index in [1.807, 2.05) is 60.7 Å². The molecule has 1 aliphatic rings. The maximum Gasteiger partial charge on any atom is 0.308 e. The minimum Gasteiger partial charge on any atom is -0.464 e. The Kier molecular flexibility index (Phi) is 8.72. The van der Waals surface area contributed by atoms with Gasteiger partial charge in [0.2, 0.25) is 0 Å². The zero-order valence-electron chi connectivity index (χ0n) is 21.6. The number of esters is 1. The minimum atomic E-state index is -0.340. The van der Waals surface area contributed by atoms with E-state index < -0.39 is 0 Å². The van der Waals surface area contributed by atoms with Crippen molar-refractivity contribution < 1.29 is 19.1 Å². The standard InChI is InChI=1S/C31H31N3O4/c1-4-19-32-31-33(20-21-37-30(36)23(2)3)29(35)28(38-31)22-24-15-17-27(18-16-24)34(25-11-7-5-8-12-25)26-13-9-6-10-14-26/h4-18,22-23H,1,19-21H2,2-3H3. The van der Waals surface area contributed by atoms with Crippen LogP contribution in [0.15, 0.2) is 108 Å². The van der Waals surface area contributed by atoms with Crippen molar-refractivity contribution in [3.63, 3.8) is 0 Å². The molecule has 194 valence electrons. The van der Waals surface area contributed by atoms with Crippen LogP contribution in [0, 0.1) is 5.92 Å². The number of nitrogens with zero attached hydrogens (tertiary/aromatic N) is 3. The third-order valence-electron chi connectivity index (χ3n) is 5.75. The van der Waals surface area contributed by atoms with Gasteiger partial charge in [0.15, 0.2) is 5.76 Å². The maximum atomic E-state index is 13.1. The second kappa shape index (κ2) is 12.5. The molecule has 1 fully saturated rings. The summed E-state index contributed by atoms with van der Waals surface area (Å²) in [6, 6.07) is 28.3. The van der Waals surface area contributed by atoms with Crippen molar-refractivity contribution >= 4 is 41.0 Å². The Morgan fingerprint density at radius 1 is 0.974 bits per heavy atom. The fourth-order valence-electron chi connectivity index (χ4n) is 3.84. The number of amides is 1. The van der Waals surface area contributed by atoms with E-state index in [0.29, 0.717) is 6.54 Å². The molecule has 0 saturated carbocycles. The molecule has 1 aliphatic heterocycles. The first-order valence-corrected chi connectivity index (χ1v) is 12.5. The summed E-state index contributed by atoms with van der Waals surface area (Å²) >= 11 is 0. The highest BCUT2D eigenvalue weighted by Crippen LogP contribution is 2.34. The quantitative estimate of drug-likeness (QED) is 0.188. The molecule has 0 aromatic heterocycles. The monoisotopic (exact) mass is 509 g/mol. The van der Waals surface area contributed by atoms with Gasteiger partial charge in [-0.3, -0.25) is 14.5 Å². The molecule has 1 heterocycles. The number of carbonyl (C=O) groups excluding carboxylic acids is 2. The smallest absolute Gasteiger partial charge is 0.308 e. The van der Waals surface area contributed by atoms with Crippen LogP contribution in [0.1, 0.15) is 19.4 Å². The molecule has 3 aromatic carbocycles. The van der Waals surface area contributed by atoms with Crippen LogP contribution < -0.4 is 4.90 Å². The molecule has 1 amide bonds. The molecule has 0 bridgehead atoms. The number of carbonyl (C=O) groups is 2. The van der Waals surface area contributed by atoms with Crippen molar-refractivity contribution in [2.75, 3.05) is 24.6 Å². The third-order valence-corrected chi connectivity index (χ3v) is 5.75. The predicted molar refractivity (Wildman–Crippen MR) is 150 cm³/mol. The summed E-state index contributed by atoms with van der Waals surface area (Å²) in [5, 5.41) is 0. The number of amidine groups is 1. The summed E-state index contributed by atoms with van der Waals surface area (Å²) in [7, 11) is 0. The number of para-hydroxylation sites is 2. The average Bonchev–Trinajstić information content (AvgIpc) is 3.23. The van der Waals surface area contributed by atoms with Crippen LogP contribution in [-0.2, 0) is 19.1 Å². The Balaban J connectivity index is 1.55. The average molecular weight is 510 g/mol. The van der Waals surface area contributed by atoms with E-state index >= 15 is 0 Å². The minimum absolute atomic E-state index is 0.0516. The van der Waals surface area contributed by atoms with Crippen LogP contribution in [0.5, 0.6) is 0 Å². The molecular formula is C31H31N3O4. The van der Waals surface area contributed by atoms with E-state index in [-0.39, 0.29) is 42.7 Å². The molecule has 0 spiro atoms. The lowest BCUT2D eigenvalue weighted by Gasteiger charge is -2.25. The number of benzene rings is 3. The van der Waals surface area contributed by atoms with Gasteiger partial charge in [-0.2, -0.15) is 0 Å². The van der Waals surface area contributed by atoms with Crippen LogP contribution in [-0.4, -0.2) is 42.5 Å². The normalized spacial score (nSPS) is 15.1. The van der Waals surface area contributed by atoms with Crippen molar-refractivity contribution in [1.29, 1.82) is 0 Å². The van der Waals surface area contributed by atoms with E-state index in [9.17, 15) is 9.59 Å². The molecule has 4 rings (SSSR count). The topological polar surface area (TPSA) is 71.4 Å². The molecule has 7 heteroatoms. The molecule has 1 saturated heterocycles. The summed E-state index contributed by atoms with van der Waals surface area (Å²) in [6.07, 6.45) is 3.30. The Morgan fingerprint density at radius 2 is 1.55 bits per heavy atom. The zero-order valence-corrected chi connectivity index (χ0v) is 21.6. The Morgan fingerprint density at radius 3 is 2.11 bits per heavy atom. The third kappa shape index (κ3) is 6.37. The second-order valence-electron chi connectivity index (χ2n) is 8.90. The van der Waals surface area contributed by atoms with E-state index in [4.69, 9.17) is 9.47 Å². The summed E-state index contributed by atoms with van der Waals surface area (Å²) in [5.74, 6) is -0.753. The fourth-order valence-corrected chi connectivity index (χ4v) is 3.84. The van der Waals surface area contributed by atoms with E-state index in [1.54, 1.807) is 26.0 Å². The summed E-state index contributed by atoms with van der Waals surface area (Å²) < 4.78 is 11.0. The lowest BCUT2D eigenvalue weighted by Crippen LogP contribution is -2.34. The number of hydrogen-bond donors (Lipinski definition) is 0. The fraction of sp³-hybridized carbons (Fsp3) is 0.194. The lowest BCUT2D eigenvalue weighted by molar-refractivity contribution is -0.148. The highest BCUT2D eigenvalue weighted by atomic mass is 16.5. The number of hydrogen-bond acceptors (Lipinski definition) is 6. The Bertz CT molecular complexity index is 1280. The van der Waals surface area contributed by atoms with Gasteiger partial charge >= 0.3 is 12.0 Å². The maximum absolute atomic E-state index is 13.1. The van der Waals surface area contributed by atoms with Crippen LogP contribution in [0.25, 0.3) is 6.08 Å². The van der Waals surface area contributed by atoms with Gasteiger partial charge in [0, 0.05) is 17.1 Å². The van der Waals surface area contributed by atoms with Crippen molar-refractivity contribution in [2.45, 2.75) is 13.8 Å². The predicted octanol–water partition coefficient (Wildman–Crippen LogP) is 6.10. The molecule has 3 aromatic rings. The van der Waals surface area contributed by atoms with Crippen LogP contribution in [0.4, 0.5) is 17.1 Å². The zero-order chi connectivity index (χ0) is 26.9. The van der Waals surface area contributed by atoms with Gasteiger partial charge in [-0.05, 0) is 48.0 Å². The molecule has 0 atom stereocenters. The number of ether oxygens (including phenoxy) is 2. The SMILES string of the molecule is C=CCN=C1OC(=Cc2ccc(N(c3ccccc3)c3ccccc3)cc2)C(=O)N1CCOC(=O)C(C)C. The molecule has 0 N–H and O–H groups in total. The number of rotatable bonds is 10. The summed E-state index contributed by atoms with van der Waals surface area (Å²) in [4.78, 5) is 32.8.